The standard InChI is InChI=1S/C12H13BrN2O3S2/c1-18-12-3-2-10(20(14,16)17)5-11(12)15-6-9-4-8(13)7-19-9/h2-5,7,15H,6H2,1H3,(H2,14,16,17). The molecule has 0 spiro atoms. The number of thiophene rings is 1. The number of anilines is 1. The molecule has 0 unspecified atom stereocenters. The molecule has 1 aromatic heterocycles. The Bertz CT molecular complexity index is 713. The molecule has 0 radical (unpaired) electrons. The van der Waals surface area contributed by atoms with Crippen LogP contribution >= 0.6 is 27.3 Å². The van der Waals surface area contributed by atoms with Crippen molar-refractivity contribution in [3.8, 4) is 5.75 Å². The fourth-order valence-electron chi connectivity index (χ4n) is 1.63. The second-order valence-electron chi connectivity index (χ2n) is 3.99. The molecule has 0 aliphatic rings. The van der Waals surface area contributed by atoms with Gasteiger partial charge in [0.25, 0.3) is 0 Å². The van der Waals surface area contributed by atoms with E-state index < -0.39 is 10.0 Å². The van der Waals surface area contributed by atoms with Crippen LogP contribution in [0.2, 0.25) is 0 Å². The Morgan fingerprint density at radius 1 is 1.40 bits per heavy atom. The molecule has 0 atom stereocenters. The number of nitrogens with one attached hydrogen (secondary N) is 1. The number of benzene rings is 1. The molecule has 1 aromatic carbocycles. The SMILES string of the molecule is COc1ccc(S(N)(=O)=O)cc1NCc1cc(Br)cs1. The summed E-state index contributed by atoms with van der Waals surface area (Å²) in [6.45, 7) is 0.570. The largest absolute Gasteiger partial charge is 0.495 e. The van der Waals surface area contributed by atoms with Crippen molar-refractivity contribution in [1.82, 2.24) is 0 Å². The molecule has 0 amide bonds. The number of methoxy groups -OCH3 is 1. The number of hydrogen-bond donors (Lipinski definition) is 2. The van der Waals surface area contributed by atoms with Crippen molar-refractivity contribution in [2.45, 2.75) is 11.4 Å². The van der Waals surface area contributed by atoms with E-state index in [4.69, 9.17) is 9.88 Å². The average molecular weight is 377 g/mol. The predicted octanol–water partition coefficient (Wildman–Crippen LogP) is 2.78. The molecule has 0 saturated heterocycles. The van der Waals surface area contributed by atoms with Crippen molar-refractivity contribution >= 4 is 43.0 Å². The van der Waals surface area contributed by atoms with E-state index in [1.54, 1.807) is 17.4 Å². The third kappa shape index (κ3) is 3.72. The zero-order chi connectivity index (χ0) is 14.8. The molecule has 5 nitrogen and oxygen atoms in total. The molecular formula is C12H13BrN2O3S2. The van der Waals surface area contributed by atoms with Crippen molar-refractivity contribution in [2.24, 2.45) is 5.14 Å². The summed E-state index contributed by atoms with van der Waals surface area (Å²) in [6.07, 6.45) is 0. The second kappa shape index (κ2) is 6.13. The summed E-state index contributed by atoms with van der Waals surface area (Å²) in [5, 5.41) is 10.3. The minimum Gasteiger partial charge on any atom is -0.495 e. The molecule has 2 rings (SSSR count). The molecule has 3 N–H and O–H groups in total. The van der Waals surface area contributed by atoms with E-state index in [2.05, 4.69) is 21.2 Å². The van der Waals surface area contributed by atoms with Gasteiger partial charge in [0.1, 0.15) is 5.75 Å². The van der Waals surface area contributed by atoms with Crippen LogP contribution in [-0.2, 0) is 16.6 Å². The lowest BCUT2D eigenvalue weighted by Crippen LogP contribution is -2.12. The molecule has 1 heterocycles. The number of sulfonamides is 1. The van der Waals surface area contributed by atoms with Crippen LogP contribution in [0.4, 0.5) is 5.69 Å². The lowest BCUT2D eigenvalue weighted by molar-refractivity contribution is 0.416. The number of nitrogens with two attached hydrogens (primary N) is 1. The number of ether oxygens (including phenoxy) is 1. The average Bonchev–Trinajstić information content (AvgIpc) is 2.80. The van der Waals surface area contributed by atoms with Crippen LogP contribution in [0.15, 0.2) is 39.0 Å². The highest BCUT2D eigenvalue weighted by atomic mass is 79.9. The molecular weight excluding hydrogens is 364 g/mol. The molecule has 20 heavy (non-hydrogen) atoms. The van der Waals surface area contributed by atoms with E-state index in [9.17, 15) is 8.42 Å². The van der Waals surface area contributed by atoms with E-state index >= 15 is 0 Å². The van der Waals surface area contributed by atoms with Crippen molar-refractivity contribution < 1.29 is 13.2 Å². The van der Waals surface area contributed by atoms with Crippen LogP contribution in [-0.4, -0.2) is 15.5 Å². The van der Waals surface area contributed by atoms with Gasteiger partial charge in [-0.1, -0.05) is 0 Å². The molecule has 0 fully saturated rings. The van der Waals surface area contributed by atoms with Crippen molar-refractivity contribution in [3.05, 3.63) is 39.0 Å². The normalized spacial score (nSPS) is 11.3. The first-order chi connectivity index (χ1) is 9.40. The Kier molecular flexibility index (Phi) is 4.69. The lowest BCUT2D eigenvalue weighted by Gasteiger charge is -2.11. The maximum Gasteiger partial charge on any atom is 0.238 e. The monoisotopic (exact) mass is 376 g/mol. The Hall–Kier alpha value is -1.09. The van der Waals surface area contributed by atoms with Gasteiger partial charge in [-0.2, -0.15) is 0 Å². The molecule has 108 valence electrons. The van der Waals surface area contributed by atoms with Gasteiger partial charge < -0.3 is 10.1 Å². The van der Waals surface area contributed by atoms with E-state index in [1.807, 2.05) is 11.4 Å². The smallest absolute Gasteiger partial charge is 0.238 e. The first kappa shape index (κ1) is 15.3. The van der Waals surface area contributed by atoms with Crippen molar-refractivity contribution in [3.63, 3.8) is 0 Å². The summed E-state index contributed by atoms with van der Waals surface area (Å²) >= 11 is 4.99. The summed E-state index contributed by atoms with van der Waals surface area (Å²) < 4.78 is 29.0. The maximum atomic E-state index is 11.4. The van der Waals surface area contributed by atoms with E-state index in [0.717, 1.165) is 9.35 Å². The first-order valence-corrected chi connectivity index (χ1v) is 8.79. The van der Waals surface area contributed by atoms with E-state index in [0.29, 0.717) is 18.0 Å². The van der Waals surface area contributed by atoms with Crippen LogP contribution in [0.25, 0.3) is 0 Å². The van der Waals surface area contributed by atoms with Gasteiger partial charge in [0, 0.05) is 21.3 Å². The molecule has 0 saturated carbocycles. The number of primary sulfonamides is 1. The quantitative estimate of drug-likeness (QED) is 0.840. The fraction of sp³-hybridized carbons (Fsp3) is 0.167. The maximum absolute atomic E-state index is 11.4. The topological polar surface area (TPSA) is 81.4 Å². The fourth-order valence-corrected chi connectivity index (χ4v) is 3.56. The van der Waals surface area contributed by atoms with E-state index in [1.165, 1.54) is 19.2 Å². The van der Waals surface area contributed by atoms with E-state index in [-0.39, 0.29) is 4.90 Å². The summed E-state index contributed by atoms with van der Waals surface area (Å²) in [6, 6.07) is 6.46. The molecule has 0 aliphatic heterocycles. The third-order valence-electron chi connectivity index (χ3n) is 2.57. The summed E-state index contributed by atoms with van der Waals surface area (Å²) in [7, 11) is -2.20. The van der Waals surface area contributed by atoms with Crippen LogP contribution in [0, 0.1) is 0 Å². The Morgan fingerprint density at radius 2 is 2.15 bits per heavy atom. The lowest BCUT2D eigenvalue weighted by atomic mass is 10.3. The molecule has 0 bridgehead atoms. The Labute approximate surface area is 129 Å². The highest BCUT2D eigenvalue weighted by molar-refractivity contribution is 9.10. The predicted molar refractivity (Wildman–Crippen MR) is 83.7 cm³/mol. The minimum absolute atomic E-state index is 0.0492. The number of rotatable bonds is 5. The zero-order valence-electron chi connectivity index (χ0n) is 10.6. The molecule has 2 aromatic rings. The van der Waals surface area contributed by atoms with Gasteiger partial charge in [-0.25, -0.2) is 13.6 Å². The highest BCUT2D eigenvalue weighted by Crippen LogP contribution is 2.28. The molecule has 0 aliphatic carbocycles. The van der Waals surface area contributed by atoms with Crippen molar-refractivity contribution in [1.29, 1.82) is 0 Å². The van der Waals surface area contributed by atoms with Crippen LogP contribution in [0.3, 0.4) is 0 Å². The Balaban J connectivity index is 2.24. The van der Waals surface area contributed by atoms with Gasteiger partial charge in [-0.3, -0.25) is 0 Å². The summed E-state index contributed by atoms with van der Waals surface area (Å²) in [4.78, 5) is 1.16. The minimum atomic E-state index is -3.73. The van der Waals surface area contributed by atoms with Crippen LogP contribution < -0.4 is 15.2 Å². The van der Waals surface area contributed by atoms with Gasteiger partial charge in [0.05, 0.1) is 17.7 Å². The number of hydrogen-bond acceptors (Lipinski definition) is 5. The zero-order valence-corrected chi connectivity index (χ0v) is 13.8. The van der Waals surface area contributed by atoms with Gasteiger partial charge in [0.2, 0.25) is 10.0 Å². The number of halogens is 1. The van der Waals surface area contributed by atoms with Gasteiger partial charge in [0.15, 0.2) is 0 Å². The molecule has 8 heteroatoms. The van der Waals surface area contributed by atoms with Crippen molar-refractivity contribution in [2.75, 3.05) is 12.4 Å². The Morgan fingerprint density at radius 3 is 2.70 bits per heavy atom. The van der Waals surface area contributed by atoms with Crippen LogP contribution in [0.5, 0.6) is 5.75 Å². The second-order valence-corrected chi connectivity index (χ2v) is 7.46. The highest BCUT2D eigenvalue weighted by Gasteiger charge is 2.12. The van der Waals surface area contributed by atoms with Gasteiger partial charge in [-0.15, -0.1) is 11.3 Å². The summed E-state index contributed by atoms with van der Waals surface area (Å²) in [5.41, 5.74) is 0.587. The summed E-state index contributed by atoms with van der Waals surface area (Å²) in [5.74, 6) is 0.563. The van der Waals surface area contributed by atoms with Crippen LogP contribution in [0.1, 0.15) is 4.88 Å². The third-order valence-corrected chi connectivity index (χ3v) is 5.18. The van der Waals surface area contributed by atoms with Gasteiger partial charge >= 0.3 is 0 Å². The first-order valence-electron chi connectivity index (χ1n) is 5.58. The van der Waals surface area contributed by atoms with Gasteiger partial charge in [-0.05, 0) is 40.2 Å².